The molecule has 1 rings (SSSR count). The third-order valence-electron chi connectivity index (χ3n) is 2.75. The minimum atomic E-state index is -1.15. The van der Waals surface area contributed by atoms with Gasteiger partial charge in [-0.3, -0.25) is 4.79 Å². The smallest absolute Gasteiger partial charge is 0.334 e. The van der Waals surface area contributed by atoms with Gasteiger partial charge in [0.1, 0.15) is 5.75 Å². The number of benzene rings is 1. The van der Waals surface area contributed by atoms with Gasteiger partial charge in [-0.1, -0.05) is 12.1 Å². The molecule has 7 nitrogen and oxygen atoms in total. The van der Waals surface area contributed by atoms with E-state index in [1.165, 1.54) is 19.2 Å². The summed E-state index contributed by atoms with van der Waals surface area (Å²) in [7, 11) is 1.25. The van der Waals surface area contributed by atoms with E-state index in [0.717, 1.165) is 5.56 Å². The molecule has 5 N–H and O–H groups in total. The number of amides is 1. The van der Waals surface area contributed by atoms with Crippen LogP contribution in [-0.4, -0.2) is 47.9 Å². The molecule has 0 aliphatic rings. The van der Waals surface area contributed by atoms with Crippen LogP contribution >= 0.6 is 0 Å². The summed E-state index contributed by atoms with van der Waals surface area (Å²) in [5, 5.41) is 20.3. The number of carbonyl (C=O) groups is 2. The normalized spacial score (nSPS) is 13.5. The Morgan fingerprint density at radius 2 is 1.95 bits per heavy atom. The number of ether oxygens (including phenoxy) is 1. The molecule has 110 valence electrons. The molecule has 0 aliphatic heterocycles. The van der Waals surface area contributed by atoms with Crippen LogP contribution in [0.5, 0.6) is 5.75 Å². The maximum absolute atomic E-state index is 11.7. The number of nitrogens with two attached hydrogens (primary N) is 1. The second-order valence-electron chi connectivity index (χ2n) is 4.28. The van der Waals surface area contributed by atoms with Crippen LogP contribution in [-0.2, 0) is 20.7 Å². The van der Waals surface area contributed by atoms with Gasteiger partial charge in [-0.15, -0.1) is 0 Å². The van der Waals surface area contributed by atoms with Gasteiger partial charge in [0.05, 0.1) is 12.6 Å². The number of nitrogens with one attached hydrogen (secondary N) is 1. The predicted octanol–water partition coefficient (Wildman–Crippen LogP) is -0.522. The van der Waals surface area contributed by atoms with Crippen LogP contribution in [0.25, 0.3) is 0 Å². The Morgan fingerprint density at radius 3 is 2.45 bits per heavy atom. The Labute approximate surface area is 116 Å². The Balaban J connectivity index is 2.46. The van der Waals surface area contributed by atoms with Crippen LogP contribution in [0.3, 0.4) is 0 Å². The average Bonchev–Trinajstić information content (AvgIpc) is 2.41. The van der Waals surface area contributed by atoms with Gasteiger partial charge in [0.2, 0.25) is 5.91 Å². The first kappa shape index (κ1) is 15.9. The maximum atomic E-state index is 11.7. The molecule has 0 spiro atoms. The van der Waals surface area contributed by atoms with E-state index in [-0.39, 0.29) is 18.7 Å². The van der Waals surface area contributed by atoms with Gasteiger partial charge in [-0.2, -0.15) is 0 Å². The highest BCUT2D eigenvalue weighted by Crippen LogP contribution is 2.10. The fraction of sp³-hybridized carbons (Fsp3) is 0.385. The summed E-state index contributed by atoms with van der Waals surface area (Å²) in [4.78, 5) is 22.4. The molecule has 0 fully saturated rings. The number of rotatable bonds is 7. The summed E-state index contributed by atoms with van der Waals surface area (Å²) in [5.41, 5.74) is 6.53. The lowest BCUT2D eigenvalue weighted by atomic mass is 10.1. The summed E-state index contributed by atoms with van der Waals surface area (Å²) in [6.45, 7) is -0.145. The first-order valence-corrected chi connectivity index (χ1v) is 6.01. The molecule has 1 aromatic rings. The molecule has 7 heteroatoms. The standard InChI is InChI=1S/C13H18N2O5/c1-20-11(13(18)19)7-15-12(17)10(14)6-8-2-4-9(16)5-3-8/h2-5,10-11,16H,6-7,14H2,1H3,(H,15,17)(H,18,19)/t10-,11?/m0/s1. The zero-order valence-electron chi connectivity index (χ0n) is 11.1. The molecule has 1 amide bonds. The van der Waals surface area contributed by atoms with Crippen molar-refractivity contribution in [3.05, 3.63) is 29.8 Å². The molecule has 2 atom stereocenters. The number of methoxy groups -OCH3 is 1. The Morgan fingerprint density at radius 1 is 1.35 bits per heavy atom. The highest BCUT2D eigenvalue weighted by molar-refractivity contribution is 5.82. The second kappa shape index (κ2) is 7.46. The number of carbonyl (C=O) groups excluding carboxylic acids is 1. The van der Waals surface area contributed by atoms with Gasteiger partial charge in [-0.25, -0.2) is 4.79 Å². The number of carboxylic acid groups (broad SMARTS) is 1. The average molecular weight is 282 g/mol. The van der Waals surface area contributed by atoms with E-state index in [4.69, 9.17) is 20.7 Å². The number of carboxylic acids is 1. The van der Waals surface area contributed by atoms with Gasteiger partial charge >= 0.3 is 5.97 Å². The molecular formula is C13H18N2O5. The summed E-state index contributed by atoms with van der Waals surface area (Å²) < 4.78 is 4.69. The minimum absolute atomic E-state index is 0.135. The summed E-state index contributed by atoms with van der Waals surface area (Å²) in [5.74, 6) is -1.47. The van der Waals surface area contributed by atoms with Gasteiger partial charge in [0, 0.05) is 7.11 Å². The number of aromatic hydroxyl groups is 1. The predicted molar refractivity (Wildman–Crippen MR) is 71.2 cm³/mol. The van der Waals surface area contributed by atoms with Crippen molar-refractivity contribution in [2.45, 2.75) is 18.6 Å². The highest BCUT2D eigenvalue weighted by atomic mass is 16.5. The molecule has 1 unspecified atom stereocenters. The van der Waals surface area contributed by atoms with Crippen molar-refractivity contribution < 1.29 is 24.5 Å². The van der Waals surface area contributed by atoms with Gasteiger partial charge in [0.25, 0.3) is 0 Å². The fourth-order valence-electron chi connectivity index (χ4n) is 1.57. The van der Waals surface area contributed by atoms with Crippen molar-refractivity contribution in [3.8, 4) is 5.75 Å². The van der Waals surface area contributed by atoms with E-state index in [1.54, 1.807) is 12.1 Å². The molecule has 0 bridgehead atoms. The van der Waals surface area contributed by atoms with Crippen molar-refractivity contribution in [1.82, 2.24) is 5.32 Å². The maximum Gasteiger partial charge on any atom is 0.334 e. The third-order valence-corrected chi connectivity index (χ3v) is 2.75. The Kier molecular flexibility index (Phi) is 5.95. The van der Waals surface area contributed by atoms with E-state index in [1.807, 2.05) is 0 Å². The molecule has 0 aromatic heterocycles. The zero-order valence-corrected chi connectivity index (χ0v) is 11.1. The van der Waals surface area contributed by atoms with E-state index in [0.29, 0.717) is 0 Å². The molecule has 1 aromatic carbocycles. The molecule has 0 saturated heterocycles. The van der Waals surface area contributed by atoms with Crippen LogP contribution in [0.1, 0.15) is 5.56 Å². The van der Waals surface area contributed by atoms with Gasteiger partial charge < -0.3 is 26.0 Å². The third kappa shape index (κ3) is 4.87. The molecular weight excluding hydrogens is 264 g/mol. The minimum Gasteiger partial charge on any atom is -0.508 e. The largest absolute Gasteiger partial charge is 0.508 e. The Hall–Kier alpha value is -2.12. The quantitative estimate of drug-likeness (QED) is 0.533. The lowest BCUT2D eigenvalue weighted by molar-refractivity contribution is -0.148. The Bertz CT molecular complexity index is 460. The van der Waals surface area contributed by atoms with E-state index in [2.05, 4.69) is 5.32 Å². The van der Waals surface area contributed by atoms with Gasteiger partial charge in [0.15, 0.2) is 6.10 Å². The van der Waals surface area contributed by atoms with E-state index in [9.17, 15) is 9.59 Å². The number of hydrogen-bond acceptors (Lipinski definition) is 5. The SMILES string of the molecule is COC(CNC(=O)[C@@H](N)Cc1ccc(O)cc1)C(=O)O. The molecule has 0 saturated carbocycles. The summed E-state index contributed by atoms with van der Waals surface area (Å²) >= 11 is 0. The molecule has 0 aliphatic carbocycles. The number of phenols is 1. The number of aliphatic carboxylic acids is 1. The number of hydrogen-bond donors (Lipinski definition) is 4. The second-order valence-corrected chi connectivity index (χ2v) is 4.28. The summed E-state index contributed by atoms with van der Waals surface area (Å²) in [6.07, 6.45) is -0.809. The first-order chi connectivity index (χ1) is 9.43. The van der Waals surface area contributed by atoms with Crippen molar-refractivity contribution in [2.75, 3.05) is 13.7 Å². The van der Waals surface area contributed by atoms with Gasteiger partial charge in [-0.05, 0) is 24.1 Å². The molecule has 20 heavy (non-hydrogen) atoms. The van der Waals surface area contributed by atoms with Crippen LogP contribution in [0.15, 0.2) is 24.3 Å². The highest BCUT2D eigenvalue weighted by Gasteiger charge is 2.20. The van der Waals surface area contributed by atoms with Crippen LogP contribution < -0.4 is 11.1 Å². The van der Waals surface area contributed by atoms with Crippen molar-refractivity contribution in [2.24, 2.45) is 5.73 Å². The van der Waals surface area contributed by atoms with Crippen LogP contribution in [0, 0.1) is 0 Å². The van der Waals surface area contributed by atoms with Crippen LogP contribution in [0.4, 0.5) is 0 Å². The lowest BCUT2D eigenvalue weighted by Gasteiger charge is -2.15. The van der Waals surface area contributed by atoms with Crippen molar-refractivity contribution >= 4 is 11.9 Å². The van der Waals surface area contributed by atoms with E-state index < -0.39 is 24.0 Å². The van der Waals surface area contributed by atoms with Crippen molar-refractivity contribution in [3.63, 3.8) is 0 Å². The first-order valence-electron chi connectivity index (χ1n) is 6.01. The zero-order chi connectivity index (χ0) is 15.1. The molecule has 0 radical (unpaired) electrons. The topological polar surface area (TPSA) is 122 Å². The van der Waals surface area contributed by atoms with Crippen molar-refractivity contribution in [1.29, 1.82) is 0 Å². The van der Waals surface area contributed by atoms with Crippen LogP contribution in [0.2, 0.25) is 0 Å². The monoisotopic (exact) mass is 282 g/mol. The lowest BCUT2D eigenvalue weighted by Crippen LogP contribution is -2.46. The summed E-state index contributed by atoms with van der Waals surface area (Å²) in [6, 6.07) is 5.54. The molecule has 0 heterocycles. The van der Waals surface area contributed by atoms with E-state index >= 15 is 0 Å². The number of phenolic OH excluding ortho intramolecular Hbond substituents is 1. The fourth-order valence-corrected chi connectivity index (χ4v) is 1.57.